The maximum absolute atomic E-state index is 13.6. The van der Waals surface area contributed by atoms with Gasteiger partial charge in [-0.15, -0.1) is 0 Å². The Morgan fingerprint density at radius 1 is 0.921 bits per heavy atom. The number of nitrogens with one attached hydrogen (secondary N) is 1. The summed E-state index contributed by atoms with van der Waals surface area (Å²) < 4.78 is 26.6. The van der Waals surface area contributed by atoms with Gasteiger partial charge in [0.2, 0.25) is 11.8 Å². The van der Waals surface area contributed by atoms with Crippen LogP contribution >= 0.6 is 0 Å². The standard InChI is InChI=1S/C29H31N3O5S/c1-21-14-16-23(17-15-21)20-31(25(28(34)30-2)19-22-9-4-3-5-10-22)27(33)13-8-18-32-29(35)24-11-6-7-12-26(24)38(32,36)37/h3-7,9-12,14-17,25H,8,13,18-20H2,1-2H3,(H,30,34)/t25-/m1/s1. The van der Waals surface area contributed by atoms with Crippen LogP contribution in [0.2, 0.25) is 0 Å². The number of sulfonamides is 1. The van der Waals surface area contributed by atoms with Crippen LogP contribution in [-0.4, -0.2) is 55.0 Å². The summed E-state index contributed by atoms with van der Waals surface area (Å²) in [4.78, 5) is 40.9. The quantitative estimate of drug-likeness (QED) is 0.431. The maximum Gasteiger partial charge on any atom is 0.269 e. The topological polar surface area (TPSA) is 104 Å². The molecule has 0 radical (unpaired) electrons. The number of benzene rings is 3. The highest BCUT2D eigenvalue weighted by Crippen LogP contribution is 2.30. The van der Waals surface area contributed by atoms with Gasteiger partial charge in [0.25, 0.3) is 15.9 Å². The Morgan fingerprint density at radius 2 is 1.58 bits per heavy atom. The number of likely N-dealkylation sites (N-methyl/N-ethyl adjacent to an activating group) is 1. The molecule has 3 aromatic rings. The second kappa shape index (κ2) is 11.6. The van der Waals surface area contributed by atoms with Gasteiger partial charge in [0, 0.05) is 33.0 Å². The SMILES string of the molecule is CNC(=O)[C@@H](Cc1ccccc1)N(Cc1ccc(C)cc1)C(=O)CCCN1C(=O)c2ccccc2S1(=O)=O. The highest BCUT2D eigenvalue weighted by atomic mass is 32.2. The lowest BCUT2D eigenvalue weighted by Gasteiger charge is -2.31. The summed E-state index contributed by atoms with van der Waals surface area (Å²) >= 11 is 0. The Kier molecular flexibility index (Phi) is 8.26. The van der Waals surface area contributed by atoms with E-state index in [1.165, 1.54) is 19.2 Å². The van der Waals surface area contributed by atoms with Gasteiger partial charge in [-0.05, 0) is 36.6 Å². The number of carbonyl (C=O) groups is 3. The second-order valence-electron chi connectivity index (χ2n) is 9.31. The van der Waals surface area contributed by atoms with Crippen LogP contribution in [-0.2, 0) is 32.6 Å². The molecule has 0 bridgehead atoms. The van der Waals surface area contributed by atoms with Crippen LogP contribution in [0.4, 0.5) is 0 Å². The van der Waals surface area contributed by atoms with Crippen molar-refractivity contribution in [3.8, 4) is 0 Å². The Hall–Kier alpha value is -3.98. The zero-order valence-electron chi connectivity index (χ0n) is 21.5. The monoisotopic (exact) mass is 533 g/mol. The van der Waals surface area contributed by atoms with Crippen molar-refractivity contribution in [3.63, 3.8) is 0 Å². The van der Waals surface area contributed by atoms with Crippen LogP contribution in [0.5, 0.6) is 0 Å². The van der Waals surface area contributed by atoms with Gasteiger partial charge in [-0.2, -0.15) is 0 Å². The molecule has 1 heterocycles. The minimum atomic E-state index is -3.95. The molecule has 38 heavy (non-hydrogen) atoms. The first-order valence-electron chi connectivity index (χ1n) is 12.5. The van der Waals surface area contributed by atoms with Gasteiger partial charge >= 0.3 is 0 Å². The normalized spacial score (nSPS) is 14.6. The summed E-state index contributed by atoms with van der Waals surface area (Å²) in [6, 6.07) is 22.5. The molecule has 0 aromatic heterocycles. The van der Waals surface area contributed by atoms with Gasteiger partial charge in [0.15, 0.2) is 0 Å². The molecular weight excluding hydrogens is 502 g/mol. The highest BCUT2D eigenvalue weighted by Gasteiger charge is 2.40. The minimum Gasteiger partial charge on any atom is -0.357 e. The second-order valence-corrected chi connectivity index (χ2v) is 11.1. The molecule has 198 valence electrons. The van der Waals surface area contributed by atoms with E-state index in [0.29, 0.717) is 6.42 Å². The van der Waals surface area contributed by atoms with Crippen LogP contribution in [0.25, 0.3) is 0 Å². The number of hydrogen-bond donors (Lipinski definition) is 1. The van der Waals surface area contributed by atoms with E-state index in [-0.39, 0.29) is 48.2 Å². The van der Waals surface area contributed by atoms with Crippen LogP contribution in [0.1, 0.15) is 39.9 Å². The van der Waals surface area contributed by atoms with E-state index in [1.807, 2.05) is 61.5 Å². The largest absolute Gasteiger partial charge is 0.357 e. The molecule has 4 rings (SSSR count). The van der Waals surface area contributed by atoms with Crippen molar-refractivity contribution in [3.05, 3.63) is 101 Å². The van der Waals surface area contributed by atoms with E-state index >= 15 is 0 Å². The van der Waals surface area contributed by atoms with Crippen molar-refractivity contribution in [2.24, 2.45) is 0 Å². The lowest BCUT2D eigenvalue weighted by molar-refractivity contribution is -0.141. The molecular formula is C29H31N3O5S. The minimum absolute atomic E-state index is 0.0140. The van der Waals surface area contributed by atoms with Gasteiger partial charge in [-0.25, -0.2) is 12.7 Å². The third-order valence-electron chi connectivity index (χ3n) is 6.65. The van der Waals surface area contributed by atoms with Crippen molar-refractivity contribution in [2.75, 3.05) is 13.6 Å². The fourth-order valence-electron chi connectivity index (χ4n) is 4.58. The Labute approximate surface area is 223 Å². The van der Waals surface area contributed by atoms with Crippen molar-refractivity contribution >= 4 is 27.7 Å². The molecule has 8 nitrogen and oxygen atoms in total. The Balaban J connectivity index is 1.53. The van der Waals surface area contributed by atoms with Crippen molar-refractivity contribution in [1.82, 2.24) is 14.5 Å². The van der Waals surface area contributed by atoms with Crippen LogP contribution < -0.4 is 5.32 Å². The number of fused-ring (bicyclic) bond motifs is 1. The maximum atomic E-state index is 13.6. The Bertz CT molecular complexity index is 1420. The number of carbonyl (C=O) groups excluding carboxylic acids is 3. The first kappa shape index (κ1) is 27.1. The van der Waals surface area contributed by atoms with E-state index in [9.17, 15) is 22.8 Å². The molecule has 0 saturated carbocycles. The average Bonchev–Trinajstić information content (AvgIpc) is 3.12. The molecule has 3 amide bonds. The molecule has 3 aromatic carbocycles. The molecule has 0 spiro atoms. The number of nitrogens with zero attached hydrogens (tertiary/aromatic N) is 2. The molecule has 0 fully saturated rings. The summed E-state index contributed by atoms with van der Waals surface area (Å²) in [5.74, 6) is -1.17. The van der Waals surface area contributed by atoms with E-state index in [0.717, 1.165) is 21.0 Å². The van der Waals surface area contributed by atoms with Gasteiger partial charge in [-0.1, -0.05) is 72.3 Å². The third kappa shape index (κ3) is 5.78. The number of rotatable bonds is 10. The van der Waals surface area contributed by atoms with Crippen LogP contribution in [0, 0.1) is 6.92 Å². The number of aryl methyl sites for hydroxylation is 1. The van der Waals surface area contributed by atoms with Crippen molar-refractivity contribution in [1.29, 1.82) is 0 Å². The fraction of sp³-hybridized carbons (Fsp3) is 0.276. The summed E-state index contributed by atoms with van der Waals surface area (Å²) in [6.07, 6.45) is 0.435. The van der Waals surface area contributed by atoms with Gasteiger partial charge < -0.3 is 10.2 Å². The average molecular weight is 534 g/mol. The van der Waals surface area contributed by atoms with Crippen molar-refractivity contribution in [2.45, 2.75) is 43.7 Å². The zero-order valence-corrected chi connectivity index (χ0v) is 22.3. The number of amides is 3. The van der Waals surface area contributed by atoms with E-state index in [2.05, 4.69) is 5.32 Å². The molecule has 9 heteroatoms. The van der Waals surface area contributed by atoms with Gasteiger partial charge in [0.05, 0.1) is 5.56 Å². The lowest BCUT2D eigenvalue weighted by atomic mass is 10.0. The third-order valence-corrected chi connectivity index (χ3v) is 8.50. The fourth-order valence-corrected chi connectivity index (χ4v) is 6.19. The van der Waals surface area contributed by atoms with E-state index in [1.54, 1.807) is 17.0 Å². The smallest absolute Gasteiger partial charge is 0.269 e. The molecule has 1 N–H and O–H groups in total. The van der Waals surface area contributed by atoms with Crippen LogP contribution in [0.3, 0.4) is 0 Å². The van der Waals surface area contributed by atoms with E-state index < -0.39 is 22.0 Å². The van der Waals surface area contributed by atoms with E-state index in [4.69, 9.17) is 0 Å². The summed E-state index contributed by atoms with van der Waals surface area (Å²) in [7, 11) is -2.41. The molecule has 0 unspecified atom stereocenters. The highest BCUT2D eigenvalue weighted by molar-refractivity contribution is 7.90. The molecule has 1 aliphatic rings. The van der Waals surface area contributed by atoms with Gasteiger partial charge in [-0.3, -0.25) is 14.4 Å². The van der Waals surface area contributed by atoms with Crippen molar-refractivity contribution < 1.29 is 22.8 Å². The molecule has 0 saturated heterocycles. The first-order chi connectivity index (χ1) is 18.2. The summed E-state index contributed by atoms with van der Waals surface area (Å²) in [5, 5.41) is 2.68. The molecule has 0 aliphatic carbocycles. The van der Waals surface area contributed by atoms with Gasteiger partial charge in [0.1, 0.15) is 10.9 Å². The molecule has 1 atom stereocenters. The summed E-state index contributed by atoms with van der Waals surface area (Å²) in [6.45, 7) is 2.07. The predicted molar refractivity (Wildman–Crippen MR) is 144 cm³/mol. The lowest BCUT2D eigenvalue weighted by Crippen LogP contribution is -2.49. The number of hydrogen-bond acceptors (Lipinski definition) is 5. The molecule has 1 aliphatic heterocycles. The zero-order chi connectivity index (χ0) is 27.3. The Morgan fingerprint density at radius 3 is 2.24 bits per heavy atom. The first-order valence-corrected chi connectivity index (χ1v) is 13.9. The summed E-state index contributed by atoms with van der Waals surface area (Å²) in [5.41, 5.74) is 3.01. The van der Waals surface area contributed by atoms with Crippen LogP contribution in [0.15, 0.2) is 83.8 Å². The predicted octanol–water partition coefficient (Wildman–Crippen LogP) is 3.31.